The second-order valence-corrected chi connectivity index (χ2v) is 6.20. The summed E-state index contributed by atoms with van der Waals surface area (Å²) in [4.78, 5) is 4.54. The van der Waals surface area contributed by atoms with E-state index < -0.39 is 0 Å². The average Bonchev–Trinajstić information content (AvgIpc) is 2.70. The summed E-state index contributed by atoms with van der Waals surface area (Å²) in [5.74, 6) is 0. The van der Waals surface area contributed by atoms with E-state index in [0.29, 0.717) is 5.50 Å². The van der Waals surface area contributed by atoms with Crippen LogP contribution in [0.5, 0.6) is 0 Å². The van der Waals surface area contributed by atoms with Crippen molar-refractivity contribution < 1.29 is 9.28 Å². The molecule has 0 saturated carbocycles. The van der Waals surface area contributed by atoms with Crippen molar-refractivity contribution in [2.24, 2.45) is 0 Å². The maximum absolute atomic E-state index is 3.52. The number of hydrogen-bond acceptors (Lipinski definition) is 4. The number of halogens is 1. The van der Waals surface area contributed by atoms with E-state index >= 15 is 0 Å². The highest BCUT2D eigenvalue weighted by atomic mass is 33.1. The van der Waals surface area contributed by atoms with E-state index in [0.717, 1.165) is 13.2 Å². The summed E-state index contributed by atoms with van der Waals surface area (Å²) < 4.78 is 2.40. The molecule has 0 aliphatic carbocycles. The Kier molecular flexibility index (Phi) is 4.69. The second-order valence-electron chi connectivity index (χ2n) is 3.93. The molecular formula is C8H17FN4S2. The zero-order valence-corrected chi connectivity index (χ0v) is 10.9. The van der Waals surface area contributed by atoms with Crippen LogP contribution in [0.15, 0.2) is 0 Å². The van der Waals surface area contributed by atoms with Gasteiger partial charge in [-0.1, -0.05) is 0 Å². The van der Waals surface area contributed by atoms with E-state index in [1.54, 1.807) is 0 Å². The number of nitrogens with one attached hydrogen (secondary N) is 1. The van der Waals surface area contributed by atoms with Gasteiger partial charge in [0.1, 0.15) is 13.2 Å². The van der Waals surface area contributed by atoms with E-state index in [4.69, 9.17) is 0 Å². The molecule has 0 radical (unpaired) electrons. The summed E-state index contributed by atoms with van der Waals surface area (Å²) in [7, 11) is 10.1. The molecule has 2 aliphatic rings. The van der Waals surface area contributed by atoms with Crippen molar-refractivity contribution in [2.75, 3.05) is 40.9 Å². The molecule has 88 valence electrons. The molecule has 2 rings (SSSR count). The predicted molar refractivity (Wildman–Crippen MR) is 63.4 cm³/mol. The maximum atomic E-state index is 3.52. The lowest BCUT2D eigenvalue weighted by molar-refractivity contribution is -0.513. The van der Waals surface area contributed by atoms with Crippen LogP contribution in [-0.2, 0) is 0 Å². The zero-order chi connectivity index (χ0) is 10.1. The first-order valence-electron chi connectivity index (χ1n) is 4.73. The third kappa shape index (κ3) is 2.99. The lowest BCUT2D eigenvalue weighted by atomic mass is 10.6. The molecule has 2 fully saturated rings. The van der Waals surface area contributed by atoms with E-state index in [-0.39, 0.29) is 4.70 Å². The summed E-state index contributed by atoms with van der Waals surface area (Å²) in [6.45, 7) is 3.37. The maximum Gasteiger partial charge on any atom is 0.320 e. The quantitative estimate of drug-likeness (QED) is 0.398. The van der Waals surface area contributed by atoms with Crippen molar-refractivity contribution in [1.29, 1.82) is 0 Å². The molecular weight excluding hydrogens is 235 g/mol. The molecule has 1 N–H and O–H groups in total. The molecule has 15 heavy (non-hydrogen) atoms. The van der Waals surface area contributed by atoms with Crippen molar-refractivity contribution in [1.82, 2.24) is 15.1 Å². The molecule has 4 nitrogen and oxygen atoms in total. The van der Waals surface area contributed by atoms with E-state index in [9.17, 15) is 0 Å². The lowest BCUT2D eigenvalue weighted by Gasteiger charge is -2.12. The number of rotatable bonds is 1. The molecule has 2 saturated heterocycles. The minimum Gasteiger partial charge on any atom is -1.00 e. The van der Waals surface area contributed by atoms with Crippen LogP contribution in [0.25, 0.3) is 0 Å². The van der Waals surface area contributed by atoms with Gasteiger partial charge in [0, 0.05) is 17.3 Å². The summed E-state index contributed by atoms with van der Waals surface area (Å²) >= 11 is 0. The fourth-order valence-electron chi connectivity index (χ4n) is 1.49. The topological polar surface area (TPSA) is 21.5 Å². The van der Waals surface area contributed by atoms with Gasteiger partial charge in [-0.05, 0) is 31.9 Å². The van der Waals surface area contributed by atoms with Crippen LogP contribution < -0.4 is 10.0 Å². The zero-order valence-electron chi connectivity index (χ0n) is 9.23. The minimum absolute atomic E-state index is 0. The van der Waals surface area contributed by atoms with Crippen molar-refractivity contribution in [3.8, 4) is 0 Å². The third-order valence-electron chi connectivity index (χ3n) is 2.39. The standard InChI is InChI=1S/C8H16N4S2.FH/c1-10(2)7-9-8(14-13-7)12-5-4-11(3)6-12;/h7H,4-6H2,1-3H3;1H. The first-order chi connectivity index (χ1) is 6.66. The third-order valence-corrected chi connectivity index (χ3v) is 5.05. The summed E-state index contributed by atoms with van der Waals surface area (Å²) in [5, 5.41) is 4.84. The summed E-state index contributed by atoms with van der Waals surface area (Å²) in [6, 6.07) is 0. The first-order valence-corrected chi connectivity index (χ1v) is 6.95. The van der Waals surface area contributed by atoms with Crippen LogP contribution in [0.3, 0.4) is 0 Å². The molecule has 1 unspecified atom stereocenters. The van der Waals surface area contributed by atoms with Crippen molar-refractivity contribution in [3.63, 3.8) is 0 Å². The normalized spacial score (nSPS) is 31.9. The molecule has 0 aromatic heterocycles. The minimum atomic E-state index is 0. The van der Waals surface area contributed by atoms with Gasteiger partial charge in [-0.2, -0.15) is 0 Å². The van der Waals surface area contributed by atoms with Crippen LogP contribution in [-0.4, -0.2) is 65.9 Å². The van der Waals surface area contributed by atoms with Crippen LogP contribution >= 0.6 is 21.6 Å². The van der Waals surface area contributed by atoms with E-state index in [1.807, 2.05) is 21.6 Å². The van der Waals surface area contributed by atoms with Crippen LogP contribution in [0.4, 0.5) is 0 Å². The van der Waals surface area contributed by atoms with Gasteiger partial charge in [0.15, 0.2) is 0 Å². The Hall–Kier alpha value is 0.0200. The largest absolute Gasteiger partial charge is 1.00 e. The molecule has 0 amide bonds. The van der Waals surface area contributed by atoms with Crippen LogP contribution in [0.1, 0.15) is 0 Å². The van der Waals surface area contributed by atoms with Gasteiger partial charge in [-0.25, -0.2) is 9.89 Å². The molecule has 7 heteroatoms. The van der Waals surface area contributed by atoms with Gasteiger partial charge in [-0.3, -0.25) is 9.80 Å². The van der Waals surface area contributed by atoms with Crippen molar-refractivity contribution in [2.45, 2.75) is 5.50 Å². The SMILES string of the molecule is CN1CC[N+](=C2NC(N(C)C)SS2)C1.[F-]. The average molecular weight is 252 g/mol. The molecule has 0 aromatic rings. The Morgan fingerprint density at radius 3 is 2.73 bits per heavy atom. The van der Waals surface area contributed by atoms with Gasteiger partial charge in [0.2, 0.25) is 5.50 Å². The molecule has 2 aliphatic heterocycles. The monoisotopic (exact) mass is 252 g/mol. The number of hydrogen-bond donors (Lipinski definition) is 1. The van der Waals surface area contributed by atoms with Crippen molar-refractivity contribution >= 4 is 26.8 Å². The molecule has 0 aromatic carbocycles. The Labute approximate surface area is 97.8 Å². The Balaban J connectivity index is 0.00000112. The number of likely N-dealkylation sites (N-methyl/N-ethyl adjacent to an activating group) is 1. The number of nitrogens with zero attached hydrogens (tertiary/aromatic N) is 3. The summed E-state index contributed by atoms with van der Waals surface area (Å²) in [5.41, 5.74) is 0.418. The fraction of sp³-hybridized carbons (Fsp3) is 0.875. The molecule has 0 bridgehead atoms. The smallest absolute Gasteiger partial charge is 0.320 e. The molecule has 1 atom stereocenters. The Morgan fingerprint density at radius 2 is 2.27 bits per heavy atom. The predicted octanol–water partition coefficient (Wildman–Crippen LogP) is -2.91. The Bertz CT molecular complexity index is 259. The molecule has 0 spiro atoms. The highest BCUT2D eigenvalue weighted by Gasteiger charge is 2.33. The number of amidine groups is 1. The van der Waals surface area contributed by atoms with Gasteiger partial charge in [0.25, 0.3) is 0 Å². The van der Waals surface area contributed by atoms with Crippen molar-refractivity contribution in [3.05, 3.63) is 0 Å². The lowest BCUT2D eigenvalue weighted by Crippen LogP contribution is -3.00. The summed E-state index contributed by atoms with van der Waals surface area (Å²) in [6.07, 6.45) is 0. The van der Waals surface area contributed by atoms with Crippen LogP contribution in [0.2, 0.25) is 0 Å². The highest BCUT2D eigenvalue weighted by Crippen LogP contribution is 2.33. The Morgan fingerprint density at radius 1 is 1.53 bits per heavy atom. The highest BCUT2D eigenvalue weighted by molar-refractivity contribution is 8.83. The van der Waals surface area contributed by atoms with Gasteiger partial charge in [-0.15, -0.1) is 0 Å². The van der Waals surface area contributed by atoms with E-state index in [1.165, 1.54) is 11.7 Å². The van der Waals surface area contributed by atoms with Gasteiger partial charge in [0.05, 0.1) is 0 Å². The fourth-order valence-corrected chi connectivity index (χ4v) is 4.17. The van der Waals surface area contributed by atoms with Gasteiger partial charge < -0.3 is 4.70 Å². The molecule has 2 heterocycles. The van der Waals surface area contributed by atoms with Gasteiger partial charge >= 0.3 is 5.17 Å². The van der Waals surface area contributed by atoms with E-state index in [2.05, 4.69) is 40.8 Å². The first kappa shape index (κ1) is 13.1. The van der Waals surface area contributed by atoms with Crippen LogP contribution in [0, 0.1) is 0 Å². The second kappa shape index (κ2) is 5.38.